The zero-order valence-corrected chi connectivity index (χ0v) is 16.3. The van der Waals surface area contributed by atoms with Crippen molar-refractivity contribution in [2.24, 2.45) is 4.99 Å². The van der Waals surface area contributed by atoms with E-state index in [1.165, 1.54) is 12.1 Å². The summed E-state index contributed by atoms with van der Waals surface area (Å²) in [5, 5.41) is -0.518. The van der Waals surface area contributed by atoms with Gasteiger partial charge in [0.25, 0.3) is 15.9 Å². The van der Waals surface area contributed by atoms with Gasteiger partial charge in [0.05, 0.1) is 10.6 Å². The second kappa shape index (κ2) is 7.61. The summed E-state index contributed by atoms with van der Waals surface area (Å²) in [7, 11) is -4.07. The van der Waals surface area contributed by atoms with Crippen LogP contribution in [0.25, 0.3) is 0 Å². The average Bonchev–Trinajstić information content (AvgIpc) is 3.06. The summed E-state index contributed by atoms with van der Waals surface area (Å²) in [6, 6.07) is 26.1. The first-order chi connectivity index (χ1) is 13.6. The van der Waals surface area contributed by atoms with Crippen LogP contribution in [0.4, 0.5) is 5.69 Å². The summed E-state index contributed by atoms with van der Waals surface area (Å²) < 4.78 is 27.3. The predicted octanol–water partition coefficient (Wildman–Crippen LogP) is 4.38. The third-order valence-electron chi connectivity index (χ3n) is 4.19. The molecule has 0 spiro atoms. The molecule has 0 aromatic heterocycles. The average molecular weight is 409 g/mol. The highest BCUT2D eigenvalue weighted by Gasteiger charge is 2.46. The zero-order valence-electron chi connectivity index (χ0n) is 14.7. The smallest absolute Gasteiger partial charge is 0.272 e. The maximum atomic E-state index is 13.2. The first kappa shape index (κ1) is 18.5. The highest BCUT2D eigenvalue weighted by molar-refractivity contribution is 8.16. The van der Waals surface area contributed by atoms with Crippen molar-refractivity contribution in [3.63, 3.8) is 0 Å². The van der Waals surface area contributed by atoms with Crippen LogP contribution < -0.4 is 0 Å². The van der Waals surface area contributed by atoms with Crippen molar-refractivity contribution in [2.45, 2.75) is 10.1 Å². The quantitative estimate of drug-likeness (QED) is 0.643. The van der Waals surface area contributed by atoms with Crippen LogP contribution in [0.3, 0.4) is 0 Å². The van der Waals surface area contributed by atoms with Gasteiger partial charge in [0, 0.05) is 0 Å². The Bertz CT molecular complexity index is 1120. The van der Waals surface area contributed by atoms with E-state index in [9.17, 15) is 13.2 Å². The van der Waals surface area contributed by atoms with Gasteiger partial charge in [0.1, 0.15) is 5.25 Å². The van der Waals surface area contributed by atoms with Crippen molar-refractivity contribution in [2.75, 3.05) is 0 Å². The number of sulfonamides is 1. The summed E-state index contributed by atoms with van der Waals surface area (Å²) in [6.45, 7) is 0. The molecule has 0 unspecified atom stereocenters. The summed E-state index contributed by atoms with van der Waals surface area (Å²) in [4.78, 5) is 17.7. The Labute approximate surface area is 167 Å². The number of aliphatic imine (C=N–C) groups is 1. The number of para-hydroxylation sites is 1. The molecule has 1 atom stereocenters. The Balaban J connectivity index is 1.83. The van der Waals surface area contributed by atoms with E-state index in [1.807, 2.05) is 48.5 Å². The maximum Gasteiger partial charge on any atom is 0.272 e. The van der Waals surface area contributed by atoms with Gasteiger partial charge < -0.3 is 0 Å². The molecule has 0 N–H and O–H groups in total. The third-order valence-corrected chi connectivity index (χ3v) is 7.20. The Morgan fingerprint density at radius 3 is 1.93 bits per heavy atom. The summed E-state index contributed by atoms with van der Waals surface area (Å²) in [6.07, 6.45) is 0. The van der Waals surface area contributed by atoms with Crippen molar-refractivity contribution in [1.29, 1.82) is 0 Å². The molecule has 1 amide bonds. The molecule has 1 heterocycles. The van der Waals surface area contributed by atoms with Gasteiger partial charge in [-0.25, -0.2) is 13.4 Å². The number of amidine groups is 1. The van der Waals surface area contributed by atoms with Gasteiger partial charge in [-0.1, -0.05) is 78.5 Å². The molecule has 0 aliphatic carbocycles. The van der Waals surface area contributed by atoms with E-state index in [-0.39, 0.29) is 10.1 Å². The summed E-state index contributed by atoms with van der Waals surface area (Å²) in [5.41, 5.74) is 1.32. The van der Waals surface area contributed by atoms with Crippen molar-refractivity contribution >= 4 is 38.5 Å². The molecule has 1 saturated heterocycles. The number of nitrogens with zero attached hydrogens (tertiary/aromatic N) is 2. The molecule has 4 rings (SSSR count). The Morgan fingerprint density at radius 1 is 0.786 bits per heavy atom. The molecule has 140 valence electrons. The number of hydrogen-bond donors (Lipinski definition) is 0. The monoisotopic (exact) mass is 408 g/mol. The molecule has 0 saturated carbocycles. The van der Waals surface area contributed by atoms with Gasteiger partial charge in [0.15, 0.2) is 5.17 Å². The molecule has 3 aromatic rings. The minimum Gasteiger partial charge on any atom is -0.272 e. The lowest BCUT2D eigenvalue weighted by Gasteiger charge is -2.16. The second-order valence-electron chi connectivity index (χ2n) is 6.06. The van der Waals surface area contributed by atoms with E-state index in [0.29, 0.717) is 5.69 Å². The molecule has 1 aliphatic rings. The van der Waals surface area contributed by atoms with Gasteiger partial charge in [0.2, 0.25) is 0 Å². The van der Waals surface area contributed by atoms with Gasteiger partial charge in [-0.05, 0) is 29.8 Å². The fourth-order valence-electron chi connectivity index (χ4n) is 2.85. The zero-order chi connectivity index (χ0) is 19.6. The number of benzene rings is 3. The molecule has 0 bridgehead atoms. The van der Waals surface area contributed by atoms with E-state index in [1.54, 1.807) is 30.3 Å². The van der Waals surface area contributed by atoms with Crippen LogP contribution in [0.5, 0.6) is 0 Å². The van der Waals surface area contributed by atoms with E-state index in [4.69, 9.17) is 0 Å². The second-order valence-corrected chi connectivity index (χ2v) is 8.92. The fourth-order valence-corrected chi connectivity index (χ4v) is 5.69. The van der Waals surface area contributed by atoms with Gasteiger partial charge in [-0.15, -0.1) is 0 Å². The minimum atomic E-state index is -4.07. The lowest BCUT2D eigenvalue weighted by atomic mass is 10.1. The standard InChI is InChI=1S/C21H16N2O3S2/c24-20-19(16-10-4-1-5-11-16)27-21(22-17-12-6-2-7-13-17)23(20)28(25,26)18-14-8-3-9-15-18/h1-15,19H/t19-/m0/s1. The van der Waals surface area contributed by atoms with Gasteiger partial charge >= 0.3 is 0 Å². The minimum absolute atomic E-state index is 0.0541. The van der Waals surface area contributed by atoms with Crippen molar-refractivity contribution in [3.8, 4) is 0 Å². The molecular formula is C21H16N2O3S2. The van der Waals surface area contributed by atoms with E-state index >= 15 is 0 Å². The molecule has 28 heavy (non-hydrogen) atoms. The number of carbonyl (C=O) groups excluding carboxylic acids is 1. The molecule has 1 aliphatic heterocycles. The largest absolute Gasteiger partial charge is 0.272 e. The van der Waals surface area contributed by atoms with Crippen LogP contribution in [0.1, 0.15) is 10.8 Å². The van der Waals surface area contributed by atoms with E-state index in [0.717, 1.165) is 21.6 Å². The van der Waals surface area contributed by atoms with Crippen LogP contribution in [0.2, 0.25) is 0 Å². The number of hydrogen-bond acceptors (Lipinski definition) is 5. The van der Waals surface area contributed by atoms with E-state index < -0.39 is 21.2 Å². The first-order valence-electron chi connectivity index (χ1n) is 8.57. The normalized spacial score (nSPS) is 18.6. The predicted molar refractivity (Wildman–Crippen MR) is 111 cm³/mol. The van der Waals surface area contributed by atoms with Crippen LogP contribution in [-0.2, 0) is 14.8 Å². The van der Waals surface area contributed by atoms with Crippen LogP contribution in [-0.4, -0.2) is 23.8 Å². The van der Waals surface area contributed by atoms with E-state index in [2.05, 4.69) is 4.99 Å². The van der Waals surface area contributed by atoms with Crippen LogP contribution in [0.15, 0.2) is 101 Å². The lowest BCUT2D eigenvalue weighted by molar-refractivity contribution is -0.122. The molecule has 1 fully saturated rings. The highest BCUT2D eigenvalue weighted by atomic mass is 32.2. The van der Waals surface area contributed by atoms with Crippen LogP contribution >= 0.6 is 11.8 Å². The number of rotatable bonds is 4. The molecule has 5 nitrogen and oxygen atoms in total. The lowest BCUT2D eigenvalue weighted by Crippen LogP contribution is -2.36. The number of amides is 1. The summed E-state index contributed by atoms with van der Waals surface area (Å²) >= 11 is 1.14. The topological polar surface area (TPSA) is 66.8 Å². The number of carbonyl (C=O) groups is 1. The Kier molecular flexibility index (Phi) is 5.02. The number of thioether (sulfide) groups is 1. The van der Waals surface area contributed by atoms with Crippen molar-refractivity contribution < 1.29 is 13.2 Å². The van der Waals surface area contributed by atoms with Crippen LogP contribution in [0, 0.1) is 0 Å². The van der Waals surface area contributed by atoms with Crippen molar-refractivity contribution in [1.82, 2.24) is 4.31 Å². The molecule has 0 radical (unpaired) electrons. The van der Waals surface area contributed by atoms with Gasteiger partial charge in [-0.3, -0.25) is 4.79 Å². The van der Waals surface area contributed by atoms with Gasteiger partial charge in [-0.2, -0.15) is 4.31 Å². The maximum absolute atomic E-state index is 13.2. The summed E-state index contributed by atoms with van der Waals surface area (Å²) in [5.74, 6) is -0.519. The SMILES string of the molecule is O=C1[C@H](c2ccccc2)SC(=Nc2ccccc2)N1S(=O)(=O)c1ccccc1. The molecule has 7 heteroatoms. The Hall–Kier alpha value is -2.90. The third kappa shape index (κ3) is 3.46. The van der Waals surface area contributed by atoms with Crippen molar-refractivity contribution in [3.05, 3.63) is 96.6 Å². The Morgan fingerprint density at radius 2 is 1.32 bits per heavy atom. The fraction of sp³-hybridized carbons (Fsp3) is 0.0476. The molecular weight excluding hydrogens is 392 g/mol. The molecule has 3 aromatic carbocycles. The highest BCUT2D eigenvalue weighted by Crippen LogP contribution is 2.42. The first-order valence-corrected chi connectivity index (χ1v) is 10.9.